The molecule has 0 aliphatic carbocycles. The lowest BCUT2D eigenvalue weighted by atomic mass is 10.0. The highest BCUT2D eigenvalue weighted by molar-refractivity contribution is 7.80. The Balaban J connectivity index is 1.55. The van der Waals surface area contributed by atoms with E-state index in [4.69, 9.17) is 16.6 Å². The van der Waals surface area contributed by atoms with Crippen LogP contribution in [0.4, 0.5) is 5.69 Å². The summed E-state index contributed by atoms with van der Waals surface area (Å²) in [4.78, 5) is 13.7. The summed E-state index contributed by atoms with van der Waals surface area (Å²) in [7, 11) is 0. The summed E-state index contributed by atoms with van der Waals surface area (Å²) >= 11 is 5.58. The summed E-state index contributed by atoms with van der Waals surface area (Å²) in [6.07, 6.45) is 0.990. The largest absolute Gasteiger partial charge is 0.423 e. The van der Waals surface area contributed by atoms with Crippen molar-refractivity contribution in [1.29, 1.82) is 0 Å². The van der Waals surface area contributed by atoms with Gasteiger partial charge in [-0.2, -0.15) is 0 Å². The number of aryl methyl sites for hydroxylation is 1. The minimum absolute atomic E-state index is 0.336. The number of hydrogen-bond acceptors (Lipinski definition) is 3. The molecule has 3 aromatic rings. The Bertz CT molecular complexity index is 1030. The molecule has 5 heteroatoms. The maximum atomic E-state index is 11.6. The van der Waals surface area contributed by atoms with Gasteiger partial charge in [0, 0.05) is 36.3 Å². The first-order valence-electron chi connectivity index (χ1n) is 8.27. The van der Waals surface area contributed by atoms with E-state index in [0.717, 1.165) is 36.1 Å². The molecule has 0 unspecified atom stereocenters. The van der Waals surface area contributed by atoms with Crippen LogP contribution >= 0.6 is 12.2 Å². The number of rotatable bonds is 1. The molecule has 4 nitrogen and oxygen atoms in total. The minimum Gasteiger partial charge on any atom is -0.423 e. The Labute approximate surface area is 151 Å². The second-order valence-electron chi connectivity index (χ2n) is 6.33. The number of nitrogens with zero attached hydrogens (tertiary/aromatic N) is 1. The van der Waals surface area contributed by atoms with E-state index in [2.05, 4.69) is 34.5 Å². The molecule has 0 amide bonds. The van der Waals surface area contributed by atoms with Crippen LogP contribution in [0.3, 0.4) is 0 Å². The van der Waals surface area contributed by atoms with Gasteiger partial charge in [0.05, 0.1) is 0 Å². The molecule has 0 atom stereocenters. The fraction of sp³-hybridized carbons (Fsp3) is 0.200. The SMILES string of the molecule is Cc1cc(=O)oc2cc(NC(=S)N3CCc4ccccc4C3)ccc12. The molecule has 2 aromatic carbocycles. The zero-order chi connectivity index (χ0) is 17.4. The van der Waals surface area contributed by atoms with Gasteiger partial charge in [-0.05, 0) is 54.4 Å². The van der Waals surface area contributed by atoms with Crippen molar-refractivity contribution in [1.82, 2.24) is 4.90 Å². The van der Waals surface area contributed by atoms with Crippen molar-refractivity contribution in [3.05, 3.63) is 75.6 Å². The summed E-state index contributed by atoms with van der Waals surface area (Å²) in [6.45, 7) is 3.61. The standard InChI is InChI=1S/C20H18N2O2S/c1-13-10-19(23)24-18-11-16(6-7-17(13)18)21-20(25)22-9-8-14-4-2-3-5-15(14)12-22/h2-7,10-11H,8-9,12H2,1H3,(H,21,25). The molecule has 126 valence electrons. The Hall–Kier alpha value is -2.66. The first-order chi connectivity index (χ1) is 12.1. The third-order valence-corrected chi connectivity index (χ3v) is 4.98. The van der Waals surface area contributed by atoms with Gasteiger partial charge < -0.3 is 14.6 Å². The second-order valence-corrected chi connectivity index (χ2v) is 6.72. The number of anilines is 1. The van der Waals surface area contributed by atoms with E-state index in [1.807, 2.05) is 25.1 Å². The van der Waals surface area contributed by atoms with Crippen LogP contribution in [0.5, 0.6) is 0 Å². The fourth-order valence-electron chi connectivity index (χ4n) is 3.27. The Morgan fingerprint density at radius 3 is 2.80 bits per heavy atom. The normalized spacial score (nSPS) is 13.6. The van der Waals surface area contributed by atoms with Crippen molar-refractivity contribution in [3.8, 4) is 0 Å². The van der Waals surface area contributed by atoms with E-state index < -0.39 is 0 Å². The van der Waals surface area contributed by atoms with Crippen molar-refractivity contribution in [2.24, 2.45) is 0 Å². The van der Waals surface area contributed by atoms with Crippen LogP contribution in [0.25, 0.3) is 11.0 Å². The van der Waals surface area contributed by atoms with Gasteiger partial charge >= 0.3 is 5.63 Å². The number of nitrogens with one attached hydrogen (secondary N) is 1. The van der Waals surface area contributed by atoms with Gasteiger partial charge in [0.25, 0.3) is 0 Å². The average molecular weight is 350 g/mol. The van der Waals surface area contributed by atoms with E-state index >= 15 is 0 Å². The van der Waals surface area contributed by atoms with Crippen LogP contribution in [-0.2, 0) is 13.0 Å². The molecule has 1 aliphatic rings. The molecule has 0 radical (unpaired) electrons. The highest BCUT2D eigenvalue weighted by atomic mass is 32.1. The molecule has 0 fully saturated rings. The molecule has 1 N–H and O–H groups in total. The maximum Gasteiger partial charge on any atom is 0.336 e. The topological polar surface area (TPSA) is 45.5 Å². The molecule has 0 bridgehead atoms. The second kappa shape index (κ2) is 6.33. The van der Waals surface area contributed by atoms with Crippen molar-refractivity contribution in [2.45, 2.75) is 19.9 Å². The van der Waals surface area contributed by atoms with Crippen molar-refractivity contribution < 1.29 is 4.42 Å². The maximum absolute atomic E-state index is 11.6. The van der Waals surface area contributed by atoms with E-state index in [1.165, 1.54) is 17.2 Å². The monoisotopic (exact) mass is 350 g/mol. The van der Waals surface area contributed by atoms with E-state index in [-0.39, 0.29) is 5.63 Å². The predicted molar refractivity (Wildman–Crippen MR) is 104 cm³/mol. The van der Waals surface area contributed by atoms with E-state index in [9.17, 15) is 4.79 Å². The molecule has 1 aliphatic heterocycles. The lowest BCUT2D eigenvalue weighted by Crippen LogP contribution is -2.38. The first-order valence-corrected chi connectivity index (χ1v) is 8.68. The lowest BCUT2D eigenvalue weighted by Gasteiger charge is -2.31. The molecule has 25 heavy (non-hydrogen) atoms. The van der Waals surface area contributed by atoms with Gasteiger partial charge in [0.15, 0.2) is 5.11 Å². The van der Waals surface area contributed by atoms with Gasteiger partial charge in [0.1, 0.15) is 5.58 Å². The molecule has 0 saturated carbocycles. The summed E-state index contributed by atoms with van der Waals surface area (Å²) in [5, 5.41) is 4.89. The van der Waals surface area contributed by atoms with Crippen molar-refractivity contribution in [3.63, 3.8) is 0 Å². The van der Waals surface area contributed by atoms with Gasteiger partial charge in [-0.25, -0.2) is 4.79 Å². The Kier molecular flexibility index (Phi) is 4.01. The predicted octanol–water partition coefficient (Wildman–Crippen LogP) is 3.86. The highest BCUT2D eigenvalue weighted by Gasteiger charge is 2.18. The van der Waals surface area contributed by atoms with Crippen molar-refractivity contribution >= 4 is 34.0 Å². The third-order valence-electron chi connectivity index (χ3n) is 4.62. The van der Waals surface area contributed by atoms with Crippen LogP contribution in [0.2, 0.25) is 0 Å². The van der Waals surface area contributed by atoms with Crippen LogP contribution in [0, 0.1) is 6.92 Å². The summed E-state index contributed by atoms with van der Waals surface area (Å²) in [5.41, 5.74) is 4.68. The molecule has 0 saturated heterocycles. The lowest BCUT2D eigenvalue weighted by molar-refractivity contribution is 0.399. The summed E-state index contributed by atoms with van der Waals surface area (Å²) < 4.78 is 5.30. The van der Waals surface area contributed by atoms with E-state index in [0.29, 0.717) is 10.7 Å². The van der Waals surface area contributed by atoms with Gasteiger partial charge in [-0.15, -0.1) is 0 Å². The van der Waals surface area contributed by atoms with Gasteiger partial charge in [-0.3, -0.25) is 0 Å². The smallest absolute Gasteiger partial charge is 0.336 e. The molecule has 0 spiro atoms. The molecular formula is C20H18N2O2S. The molecular weight excluding hydrogens is 332 g/mol. The molecule has 2 heterocycles. The zero-order valence-corrected chi connectivity index (χ0v) is 14.7. The van der Waals surface area contributed by atoms with E-state index in [1.54, 1.807) is 0 Å². The number of fused-ring (bicyclic) bond motifs is 2. The van der Waals surface area contributed by atoms with Crippen LogP contribution in [0.1, 0.15) is 16.7 Å². The third kappa shape index (κ3) is 3.15. The fourth-order valence-corrected chi connectivity index (χ4v) is 3.55. The highest BCUT2D eigenvalue weighted by Crippen LogP contribution is 2.23. The van der Waals surface area contributed by atoms with Crippen LogP contribution in [0.15, 0.2) is 57.7 Å². The van der Waals surface area contributed by atoms with Crippen LogP contribution < -0.4 is 10.9 Å². The minimum atomic E-state index is -0.336. The summed E-state index contributed by atoms with van der Waals surface area (Å²) in [6, 6.07) is 15.7. The van der Waals surface area contributed by atoms with Gasteiger partial charge in [-0.1, -0.05) is 24.3 Å². The zero-order valence-electron chi connectivity index (χ0n) is 13.9. The number of thiocarbonyl (C=S) groups is 1. The number of hydrogen-bond donors (Lipinski definition) is 1. The van der Waals surface area contributed by atoms with Gasteiger partial charge in [0.2, 0.25) is 0 Å². The Morgan fingerprint density at radius 2 is 1.96 bits per heavy atom. The number of benzene rings is 2. The van der Waals surface area contributed by atoms with Crippen molar-refractivity contribution in [2.75, 3.05) is 11.9 Å². The summed E-state index contributed by atoms with van der Waals surface area (Å²) in [5.74, 6) is 0. The Morgan fingerprint density at radius 1 is 1.16 bits per heavy atom. The molecule has 4 rings (SSSR count). The average Bonchev–Trinajstić information content (AvgIpc) is 2.60. The first kappa shape index (κ1) is 15.8. The van der Waals surface area contributed by atoms with Crippen LogP contribution in [-0.4, -0.2) is 16.6 Å². The quantitative estimate of drug-likeness (QED) is 0.533. The molecule has 1 aromatic heterocycles.